The highest BCUT2D eigenvalue weighted by Crippen LogP contribution is 2.39. The van der Waals surface area contributed by atoms with Crippen molar-refractivity contribution in [1.29, 1.82) is 0 Å². The van der Waals surface area contributed by atoms with Crippen molar-refractivity contribution < 1.29 is 17.9 Å². The standard InChI is InChI=1S/C21H24N4O4S/c26-30(27,14-11-24-19-6-2-1-5-17(19)22-23-24)25-10-3-7-18(25)16-8-9-20-21(15-16)29-13-4-12-28-20/h1-2,5-6,8-9,15,18H,3-4,7,10-14H2. The molecule has 3 heterocycles. The van der Waals surface area contributed by atoms with Gasteiger partial charge in [0.25, 0.3) is 0 Å². The second-order valence-electron chi connectivity index (χ2n) is 7.64. The highest BCUT2D eigenvalue weighted by molar-refractivity contribution is 7.89. The normalized spacial score (nSPS) is 19.8. The van der Waals surface area contributed by atoms with E-state index in [0.29, 0.717) is 25.5 Å². The summed E-state index contributed by atoms with van der Waals surface area (Å²) < 4.78 is 41.2. The van der Waals surface area contributed by atoms with E-state index in [2.05, 4.69) is 10.3 Å². The molecule has 0 aliphatic carbocycles. The minimum atomic E-state index is -3.46. The van der Waals surface area contributed by atoms with Crippen molar-refractivity contribution in [2.75, 3.05) is 25.5 Å². The van der Waals surface area contributed by atoms with Gasteiger partial charge in [0, 0.05) is 19.0 Å². The van der Waals surface area contributed by atoms with Crippen molar-refractivity contribution in [3.63, 3.8) is 0 Å². The number of ether oxygens (including phenoxy) is 2. The Morgan fingerprint density at radius 3 is 2.77 bits per heavy atom. The van der Waals surface area contributed by atoms with Crippen molar-refractivity contribution in [2.24, 2.45) is 0 Å². The molecule has 0 amide bonds. The van der Waals surface area contributed by atoms with Gasteiger partial charge in [-0.25, -0.2) is 13.1 Å². The lowest BCUT2D eigenvalue weighted by atomic mass is 10.0. The van der Waals surface area contributed by atoms with E-state index in [0.717, 1.165) is 41.6 Å². The molecule has 1 unspecified atom stereocenters. The predicted octanol–water partition coefficient (Wildman–Crippen LogP) is 2.76. The maximum Gasteiger partial charge on any atom is 0.216 e. The van der Waals surface area contributed by atoms with Gasteiger partial charge in [0.1, 0.15) is 5.52 Å². The molecule has 0 N–H and O–H groups in total. The number of fused-ring (bicyclic) bond motifs is 2. The summed E-state index contributed by atoms with van der Waals surface area (Å²) in [5.41, 5.74) is 2.56. The molecular formula is C21H24N4O4S. The summed E-state index contributed by atoms with van der Waals surface area (Å²) >= 11 is 0. The van der Waals surface area contributed by atoms with Gasteiger partial charge in [-0.1, -0.05) is 23.4 Å². The van der Waals surface area contributed by atoms with Crippen LogP contribution in [0.1, 0.15) is 30.9 Å². The molecule has 1 fully saturated rings. The van der Waals surface area contributed by atoms with Crippen molar-refractivity contribution in [3.8, 4) is 11.5 Å². The zero-order valence-corrected chi connectivity index (χ0v) is 17.4. The first-order chi connectivity index (χ1) is 14.6. The van der Waals surface area contributed by atoms with E-state index in [1.165, 1.54) is 0 Å². The quantitative estimate of drug-likeness (QED) is 0.621. The van der Waals surface area contributed by atoms with E-state index in [9.17, 15) is 8.42 Å². The minimum Gasteiger partial charge on any atom is -0.490 e. The fourth-order valence-corrected chi connectivity index (χ4v) is 5.86. The SMILES string of the molecule is O=S(=O)(CCn1nnc2ccccc21)N1CCCC1c1ccc2c(c1)OCCCO2. The Morgan fingerprint density at radius 2 is 1.87 bits per heavy atom. The fraction of sp³-hybridized carbons (Fsp3) is 0.429. The van der Waals surface area contributed by atoms with Gasteiger partial charge in [-0.2, -0.15) is 4.31 Å². The monoisotopic (exact) mass is 428 g/mol. The Balaban J connectivity index is 1.35. The Hall–Kier alpha value is -2.65. The number of rotatable bonds is 5. The zero-order valence-electron chi connectivity index (χ0n) is 16.6. The van der Waals surface area contributed by atoms with Crippen LogP contribution in [0.4, 0.5) is 0 Å². The third-order valence-electron chi connectivity index (χ3n) is 5.70. The molecule has 0 saturated carbocycles. The van der Waals surface area contributed by atoms with Gasteiger partial charge in [0.05, 0.1) is 31.0 Å². The average molecular weight is 429 g/mol. The molecular weight excluding hydrogens is 404 g/mol. The van der Waals surface area contributed by atoms with Gasteiger partial charge in [-0.05, 0) is 42.7 Å². The Bertz CT molecular complexity index is 1160. The number of aromatic nitrogens is 3. The molecule has 30 heavy (non-hydrogen) atoms. The van der Waals surface area contributed by atoms with Gasteiger partial charge < -0.3 is 9.47 Å². The van der Waals surface area contributed by atoms with Crippen LogP contribution in [0, 0.1) is 0 Å². The summed E-state index contributed by atoms with van der Waals surface area (Å²) in [6.45, 7) is 2.04. The number of hydrogen-bond acceptors (Lipinski definition) is 6. The van der Waals surface area contributed by atoms with E-state index < -0.39 is 10.0 Å². The summed E-state index contributed by atoms with van der Waals surface area (Å²) in [6.07, 6.45) is 2.47. The van der Waals surface area contributed by atoms with Crippen LogP contribution in [0.5, 0.6) is 11.5 Å². The van der Waals surface area contributed by atoms with Crippen molar-refractivity contribution in [1.82, 2.24) is 19.3 Å². The molecule has 3 aromatic rings. The molecule has 5 rings (SSSR count). The van der Waals surface area contributed by atoms with Crippen LogP contribution < -0.4 is 9.47 Å². The first-order valence-electron chi connectivity index (χ1n) is 10.3. The molecule has 8 nitrogen and oxygen atoms in total. The predicted molar refractivity (Wildman–Crippen MR) is 112 cm³/mol. The number of hydrogen-bond donors (Lipinski definition) is 0. The van der Waals surface area contributed by atoms with E-state index in [1.807, 2.05) is 42.5 Å². The van der Waals surface area contributed by atoms with Gasteiger partial charge in [0.15, 0.2) is 11.5 Å². The third-order valence-corrected chi connectivity index (χ3v) is 7.55. The first kappa shape index (κ1) is 19.3. The van der Waals surface area contributed by atoms with Crippen molar-refractivity contribution >= 4 is 21.1 Å². The molecule has 2 aliphatic rings. The fourth-order valence-electron chi connectivity index (χ4n) is 4.19. The van der Waals surface area contributed by atoms with Gasteiger partial charge >= 0.3 is 0 Å². The van der Waals surface area contributed by atoms with Crippen LogP contribution in [-0.4, -0.2) is 53.2 Å². The van der Waals surface area contributed by atoms with Gasteiger partial charge in [-0.3, -0.25) is 0 Å². The van der Waals surface area contributed by atoms with Crippen LogP contribution in [0.25, 0.3) is 11.0 Å². The van der Waals surface area contributed by atoms with E-state index in [-0.39, 0.29) is 18.3 Å². The van der Waals surface area contributed by atoms with E-state index in [1.54, 1.807) is 8.99 Å². The Kier molecular flexibility index (Phi) is 5.08. The first-order valence-corrected chi connectivity index (χ1v) is 11.9. The molecule has 0 radical (unpaired) electrons. The molecule has 0 spiro atoms. The van der Waals surface area contributed by atoms with E-state index >= 15 is 0 Å². The van der Waals surface area contributed by atoms with Crippen molar-refractivity contribution in [2.45, 2.75) is 31.8 Å². The summed E-state index contributed by atoms with van der Waals surface area (Å²) in [5.74, 6) is 1.41. The van der Waals surface area contributed by atoms with Gasteiger partial charge in [-0.15, -0.1) is 5.10 Å². The Morgan fingerprint density at radius 1 is 1.03 bits per heavy atom. The van der Waals surface area contributed by atoms with Crippen LogP contribution >= 0.6 is 0 Å². The minimum absolute atomic E-state index is 0.0125. The third kappa shape index (κ3) is 3.63. The molecule has 158 valence electrons. The molecule has 0 bridgehead atoms. The molecule has 1 atom stereocenters. The molecule has 1 aromatic heterocycles. The lowest BCUT2D eigenvalue weighted by molar-refractivity contribution is 0.296. The number of para-hydroxylation sites is 1. The molecule has 1 saturated heterocycles. The summed E-state index contributed by atoms with van der Waals surface area (Å²) in [6, 6.07) is 13.2. The molecule has 2 aromatic carbocycles. The molecule has 9 heteroatoms. The maximum atomic E-state index is 13.2. The number of benzene rings is 2. The number of aryl methyl sites for hydroxylation is 1. The number of nitrogens with zero attached hydrogens (tertiary/aromatic N) is 4. The zero-order chi connectivity index (χ0) is 20.6. The van der Waals surface area contributed by atoms with Gasteiger partial charge in [0.2, 0.25) is 10.0 Å². The Labute approximate surface area is 175 Å². The highest BCUT2D eigenvalue weighted by Gasteiger charge is 2.35. The highest BCUT2D eigenvalue weighted by atomic mass is 32.2. The second kappa shape index (κ2) is 7.88. The average Bonchev–Trinajstić information content (AvgIpc) is 3.34. The van der Waals surface area contributed by atoms with E-state index in [4.69, 9.17) is 9.47 Å². The molecule has 2 aliphatic heterocycles. The van der Waals surface area contributed by atoms with Crippen LogP contribution in [0.15, 0.2) is 42.5 Å². The summed E-state index contributed by atoms with van der Waals surface area (Å²) in [7, 11) is -3.46. The van der Waals surface area contributed by atoms with Crippen LogP contribution in [0.3, 0.4) is 0 Å². The van der Waals surface area contributed by atoms with Crippen LogP contribution in [-0.2, 0) is 16.6 Å². The lowest BCUT2D eigenvalue weighted by Gasteiger charge is -2.25. The van der Waals surface area contributed by atoms with Crippen LogP contribution in [0.2, 0.25) is 0 Å². The van der Waals surface area contributed by atoms with Crippen molar-refractivity contribution in [3.05, 3.63) is 48.0 Å². The summed E-state index contributed by atoms with van der Waals surface area (Å²) in [4.78, 5) is 0. The summed E-state index contributed by atoms with van der Waals surface area (Å²) in [5, 5.41) is 8.22. The largest absolute Gasteiger partial charge is 0.490 e. The second-order valence-corrected chi connectivity index (χ2v) is 9.68. The maximum absolute atomic E-state index is 13.2. The topological polar surface area (TPSA) is 86.5 Å². The smallest absolute Gasteiger partial charge is 0.216 e. The lowest BCUT2D eigenvalue weighted by Crippen LogP contribution is -2.34. The number of sulfonamides is 1.